The lowest BCUT2D eigenvalue weighted by molar-refractivity contribution is -0.115. The third-order valence-electron chi connectivity index (χ3n) is 3.41. The highest BCUT2D eigenvalue weighted by atomic mass is 32.2. The fourth-order valence-electron chi connectivity index (χ4n) is 2.06. The molecule has 0 aliphatic heterocycles. The Bertz CT molecular complexity index is 713. The third-order valence-corrected chi connectivity index (χ3v) is 4.52. The molecule has 0 saturated heterocycles. The quantitative estimate of drug-likeness (QED) is 0.598. The zero-order valence-corrected chi connectivity index (χ0v) is 15.3. The Hall–Kier alpha value is -2.47. The number of anilines is 1. The third kappa shape index (κ3) is 5.53. The van der Waals surface area contributed by atoms with Crippen molar-refractivity contribution < 1.29 is 19.1 Å². The van der Waals surface area contributed by atoms with Crippen LogP contribution in [0.25, 0.3) is 0 Å². The molecule has 1 amide bonds. The van der Waals surface area contributed by atoms with Gasteiger partial charge in [0.2, 0.25) is 5.91 Å². The maximum atomic E-state index is 12.3. The fraction of sp³-hybridized carbons (Fsp3) is 0.263. The van der Waals surface area contributed by atoms with Gasteiger partial charge in [-0.3, -0.25) is 4.79 Å². The van der Waals surface area contributed by atoms with Gasteiger partial charge in [0, 0.05) is 10.6 Å². The summed E-state index contributed by atoms with van der Waals surface area (Å²) in [6, 6.07) is 14.2. The molecule has 0 aliphatic rings. The van der Waals surface area contributed by atoms with Crippen LogP contribution >= 0.6 is 11.8 Å². The Balaban J connectivity index is 1.92. The van der Waals surface area contributed by atoms with Gasteiger partial charge in [-0.15, -0.1) is 11.8 Å². The molecule has 0 radical (unpaired) electrons. The van der Waals surface area contributed by atoms with Crippen LogP contribution in [0.15, 0.2) is 53.4 Å². The van der Waals surface area contributed by atoms with Crippen molar-refractivity contribution in [3.8, 4) is 5.75 Å². The van der Waals surface area contributed by atoms with Gasteiger partial charge in [0.1, 0.15) is 5.75 Å². The summed E-state index contributed by atoms with van der Waals surface area (Å²) >= 11 is 1.46. The second-order valence-electron chi connectivity index (χ2n) is 5.22. The summed E-state index contributed by atoms with van der Waals surface area (Å²) in [5.41, 5.74) is 1.10. The molecule has 5 nitrogen and oxygen atoms in total. The van der Waals surface area contributed by atoms with E-state index in [-0.39, 0.29) is 17.1 Å². The number of hydrogen-bond acceptors (Lipinski definition) is 5. The van der Waals surface area contributed by atoms with Crippen LogP contribution < -0.4 is 10.1 Å². The largest absolute Gasteiger partial charge is 0.497 e. The van der Waals surface area contributed by atoms with Crippen LogP contribution in [-0.4, -0.2) is 30.8 Å². The highest BCUT2D eigenvalue weighted by Gasteiger charge is 2.15. The lowest BCUT2D eigenvalue weighted by Gasteiger charge is -2.12. The summed E-state index contributed by atoms with van der Waals surface area (Å²) in [4.78, 5) is 24.9. The average molecular weight is 359 g/mol. The van der Waals surface area contributed by atoms with E-state index in [1.165, 1.54) is 11.8 Å². The Morgan fingerprint density at radius 3 is 2.28 bits per heavy atom. The first kappa shape index (κ1) is 18.9. The number of rotatable bonds is 7. The predicted molar refractivity (Wildman–Crippen MR) is 99.3 cm³/mol. The Morgan fingerprint density at radius 1 is 1.08 bits per heavy atom. The molecule has 0 aromatic heterocycles. The van der Waals surface area contributed by atoms with Gasteiger partial charge in [0.05, 0.1) is 24.5 Å². The normalized spacial score (nSPS) is 11.5. The number of thioether (sulfide) groups is 1. The Kier molecular flexibility index (Phi) is 6.89. The summed E-state index contributed by atoms with van der Waals surface area (Å²) in [7, 11) is 1.62. The molecule has 2 aromatic carbocycles. The second-order valence-corrected chi connectivity index (χ2v) is 6.64. The highest BCUT2D eigenvalue weighted by molar-refractivity contribution is 8.00. The fourth-order valence-corrected chi connectivity index (χ4v) is 2.93. The molecule has 0 fully saturated rings. The first-order valence-corrected chi connectivity index (χ1v) is 8.80. The van der Waals surface area contributed by atoms with Crippen molar-refractivity contribution in [1.29, 1.82) is 0 Å². The summed E-state index contributed by atoms with van der Waals surface area (Å²) in [6.45, 7) is 3.93. The predicted octanol–water partition coefficient (Wildman–Crippen LogP) is 3.99. The number of amides is 1. The van der Waals surface area contributed by atoms with Gasteiger partial charge < -0.3 is 14.8 Å². The summed E-state index contributed by atoms with van der Waals surface area (Å²) in [5.74, 6) is 0.302. The lowest BCUT2D eigenvalue weighted by Crippen LogP contribution is -2.22. The topological polar surface area (TPSA) is 64.6 Å². The molecule has 2 rings (SSSR count). The van der Waals surface area contributed by atoms with Gasteiger partial charge in [0.25, 0.3) is 0 Å². The van der Waals surface area contributed by atoms with Crippen molar-refractivity contribution in [3.63, 3.8) is 0 Å². The maximum Gasteiger partial charge on any atom is 0.338 e. The smallest absolute Gasteiger partial charge is 0.338 e. The lowest BCUT2D eigenvalue weighted by atomic mass is 10.2. The van der Waals surface area contributed by atoms with Crippen molar-refractivity contribution >= 4 is 29.3 Å². The van der Waals surface area contributed by atoms with E-state index in [0.29, 0.717) is 17.9 Å². The SMILES string of the molecule is CCOC(=O)c1ccc(NC(=O)C(C)Sc2ccc(OC)cc2)cc1. The van der Waals surface area contributed by atoms with Gasteiger partial charge >= 0.3 is 5.97 Å². The number of carbonyl (C=O) groups is 2. The minimum absolute atomic E-state index is 0.107. The molecular formula is C19H21NO4S. The van der Waals surface area contributed by atoms with Gasteiger partial charge in [0.15, 0.2) is 0 Å². The first-order valence-electron chi connectivity index (χ1n) is 7.92. The van der Waals surface area contributed by atoms with E-state index in [4.69, 9.17) is 9.47 Å². The first-order chi connectivity index (χ1) is 12.0. The second kappa shape index (κ2) is 9.13. The molecule has 0 spiro atoms. The average Bonchev–Trinajstić information content (AvgIpc) is 2.63. The Labute approximate surface area is 151 Å². The summed E-state index contributed by atoms with van der Waals surface area (Å²) < 4.78 is 10.1. The van der Waals surface area contributed by atoms with E-state index in [2.05, 4.69) is 5.32 Å². The molecule has 0 bridgehead atoms. The van der Waals surface area contributed by atoms with Crippen LogP contribution in [0.5, 0.6) is 5.75 Å². The standard InChI is InChI=1S/C19H21NO4S/c1-4-24-19(22)14-5-7-15(8-6-14)20-18(21)13(2)25-17-11-9-16(23-3)10-12-17/h5-13H,4H2,1-3H3,(H,20,21). The van der Waals surface area contributed by atoms with Crippen molar-refractivity contribution in [2.24, 2.45) is 0 Å². The molecule has 0 heterocycles. The molecule has 0 saturated carbocycles. The molecule has 0 aliphatic carbocycles. The zero-order chi connectivity index (χ0) is 18.2. The number of methoxy groups -OCH3 is 1. The number of benzene rings is 2. The summed E-state index contributed by atoms with van der Waals surface area (Å²) in [6.07, 6.45) is 0. The molecule has 132 valence electrons. The molecule has 1 N–H and O–H groups in total. The van der Waals surface area contributed by atoms with Crippen LogP contribution in [0.2, 0.25) is 0 Å². The van der Waals surface area contributed by atoms with Crippen LogP contribution in [-0.2, 0) is 9.53 Å². The van der Waals surface area contributed by atoms with Gasteiger partial charge in [-0.05, 0) is 62.4 Å². The van der Waals surface area contributed by atoms with E-state index in [1.54, 1.807) is 38.3 Å². The molecule has 2 aromatic rings. The van der Waals surface area contributed by atoms with Gasteiger partial charge in [-0.2, -0.15) is 0 Å². The van der Waals surface area contributed by atoms with Gasteiger partial charge in [-0.1, -0.05) is 0 Å². The van der Waals surface area contributed by atoms with Crippen LogP contribution in [0.4, 0.5) is 5.69 Å². The van der Waals surface area contributed by atoms with Crippen molar-refractivity contribution in [1.82, 2.24) is 0 Å². The van der Waals surface area contributed by atoms with Crippen LogP contribution in [0.1, 0.15) is 24.2 Å². The van der Waals surface area contributed by atoms with Crippen LogP contribution in [0.3, 0.4) is 0 Å². The minimum atomic E-state index is -0.371. The van der Waals surface area contributed by atoms with Gasteiger partial charge in [-0.25, -0.2) is 4.79 Å². The number of hydrogen-bond donors (Lipinski definition) is 1. The van der Waals surface area contributed by atoms with E-state index in [1.807, 2.05) is 31.2 Å². The van der Waals surface area contributed by atoms with Crippen molar-refractivity contribution in [3.05, 3.63) is 54.1 Å². The summed E-state index contributed by atoms with van der Waals surface area (Å²) in [5, 5.41) is 2.58. The Morgan fingerprint density at radius 2 is 1.72 bits per heavy atom. The van der Waals surface area contributed by atoms with Crippen molar-refractivity contribution in [2.75, 3.05) is 19.0 Å². The molecule has 6 heteroatoms. The minimum Gasteiger partial charge on any atom is -0.497 e. The molecule has 1 atom stereocenters. The van der Waals surface area contributed by atoms with Crippen molar-refractivity contribution in [2.45, 2.75) is 24.0 Å². The number of carbonyl (C=O) groups excluding carboxylic acids is 2. The number of esters is 1. The zero-order valence-electron chi connectivity index (χ0n) is 14.4. The van der Waals surface area contributed by atoms with E-state index < -0.39 is 0 Å². The molecule has 1 unspecified atom stereocenters. The monoisotopic (exact) mass is 359 g/mol. The number of ether oxygens (including phenoxy) is 2. The van der Waals surface area contributed by atoms with Crippen LogP contribution in [0, 0.1) is 0 Å². The highest BCUT2D eigenvalue weighted by Crippen LogP contribution is 2.26. The van der Waals surface area contributed by atoms with E-state index in [9.17, 15) is 9.59 Å². The maximum absolute atomic E-state index is 12.3. The molecule has 25 heavy (non-hydrogen) atoms. The molecular weight excluding hydrogens is 338 g/mol. The van der Waals surface area contributed by atoms with E-state index >= 15 is 0 Å². The number of nitrogens with one attached hydrogen (secondary N) is 1. The van der Waals surface area contributed by atoms with E-state index in [0.717, 1.165) is 10.6 Å².